The summed E-state index contributed by atoms with van der Waals surface area (Å²) in [4.78, 5) is 26.3. The van der Waals surface area contributed by atoms with Crippen LogP contribution in [0.5, 0.6) is 0 Å². The number of rotatable bonds is 3. The Morgan fingerprint density at radius 3 is 2.61 bits per heavy atom. The quantitative estimate of drug-likeness (QED) is 0.853. The fourth-order valence-corrected chi connectivity index (χ4v) is 2.73. The average Bonchev–Trinajstić information content (AvgIpc) is 3.05. The van der Waals surface area contributed by atoms with Gasteiger partial charge in [0, 0.05) is 5.92 Å². The van der Waals surface area contributed by atoms with Gasteiger partial charge in [0.2, 0.25) is 5.91 Å². The Balaban J connectivity index is 1.62. The van der Waals surface area contributed by atoms with E-state index in [1.807, 2.05) is 0 Å². The molecular weight excluding hydrogens is 232 g/mol. The molecule has 1 heterocycles. The molecule has 1 spiro atoms. The van der Waals surface area contributed by atoms with Crippen molar-refractivity contribution >= 4 is 17.6 Å². The largest absolute Gasteiger partial charge is 0.477 e. The van der Waals surface area contributed by atoms with Gasteiger partial charge in [-0.15, -0.1) is 0 Å². The van der Waals surface area contributed by atoms with Crippen LogP contribution in [0.4, 0.5) is 5.69 Å². The molecule has 0 radical (unpaired) electrons. The zero-order valence-corrected chi connectivity index (χ0v) is 9.85. The summed E-state index contributed by atoms with van der Waals surface area (Å²) in [5.74, 6) is -0.881. The van der Waals surface area contributed by atoms with Crippen molar-refractivity contribution in [2.24, 2.45) is 11.3 Å². The lowest BCUT2D eigenvalue weighted by Crippen LogP contribution is -2.23. The molecule has 5 nitrogen and oxygen atoms in total. The number of nitrogens with one attached hydrogen (secondary N) is 1. The lowest BCUT2D eigenvalue weighted by Gasteiger charge is -2.26. The van der Waals surface area contributed by atoms with E-state index < -0.39 is 5.97 Å². The van der Waals surface area contributed by atoms with Crippen molar-refractivity contribution in [3.63, 3.8) is 0 Å². The van der Waals surface area contributed by atoms with Crippen LogP contribution in [-0.4, -0.2) is 22.0 Å². The number of hydrogen-bond donors (Lipinski definition) is 2. The molecule has 1 unspecified atom stereocenters. The Labute approximate surface area is 104 Å². The predicted molar refractivity (Wildman–Crippen MR) is 64.2 cm³/mol. The van der Waals surface area contributed by atoms with Gasteiger partial charge in [0.05, 0.1) is 11.9 Å². The molecule has 0 aliphatic heterocycles. The zero-order chi connectivity index (χ0) is 12.8. The molecule has 1 amide bonds. The lowest BCUT2D eigenvalue weighted by atomic mass is 9.80. The molecule has 1 aromatic heterocycles. The highest BCUT2D eigenvalue weighted by Crippen LogP contribution is 2.65. The van der Waals surface area contributed by atoms with Crippen LogP contribution in [0.3, 0.4) is 0 Å². The molecule has 2 aliphatic carbocycles. The molecule has 0 aromatic carbocycles. The Bertz CT molecular complexity index is 505. The van der Waals surface area contributed by atoms with Crippen LogP contribution < -0.4 is 5.32 Å². The first-order chi connectivity index (χ1) is 8.61. The van der Waals surface area contributed by atoms with Crippen molar-refractivity contribution in [3.05, 3.63) is 24.0 Å². The van der Waals surface area contributed by atoms with Crippen molar-refractivity contribution in [3.8, 4) is 0 Å². The summed E-state index contributed by atoms with van der Waals surface area (Å²) in [5.41, 5.74) is 0.847. The molecule has 2 saturated carbocycles. The highest BCUT2D eigenvalue weighted by Gasteiger charge is 2.60. The molecule has 0 saturated heterocycles. The third-order valence-corrected chi connectivity index (χ3v) is 4.11. The van der Waals surface area contributed by atoms with Gasteiger partial charge in [-0.3, -0.25) is 4.79 Å². The van der Waals surface area contributed by atoms with E-state index in [1.54, 1.807) is 6.07 Å². The van der Waals surface area contributed by atoms with Crippen LogP contribution in [0, 0.1) is 11.3 Å². The Hall–Kier alpha value is -1.91. The topological polar surface area (TPSA) is 79.3 Å². The van der Waals surface area contributed by atoms with Crippen molar-refractivity contribution in [2.75, 3.05) is 5.32 Å². The maximum atomic E-state index is 11.9. The molecular formula is C13H14N2O3. The number of nitrogens with zero attached hydrogens (tertiary/aromatic N) is 1. The summed E-state index contributed by atoms with van der Waals surface area (Å²) in [6.07, 6.45) is 5.96. The van der Waals surface area contributed by atoms with E-state index in [4.69, 9.17) is 5.11 Å². The fraction of sp³-hybridized carbons (Fsp3) is 0.462. The molecule has 94 valence electrons. The summed E-state index contributed by atoms with van der Waals surface area (Å²) < 4.78 is 0. The monoisotopic (exact) mass is 246 g/mol. The first-order valence-electron chi connectivity index (χ1n) is 6.11. The normalized spacial score (nSPS) is 23.2. The number of aromatic nitrogens is 1. The SMILES string of the molecule is O=C(O)c1ccc(NC(=O)C2CC23CCC3)cn1. The standard InChI is InChI=1S/C13H14N2O3/c16-11(9-6-13(9)4-1-5-13)15-8-2-3-10(12(17)18)14-7-8/h2-3,7,9H,1,4-6H2,(H,15,16)(H,17,18). The molecule has 18 heavy (non-hydrogen) atoms. The molecule has 5 heteroatoms. The van der Waals surface area contributed by atoms with Gasteiger partial charge in [-0.2, -0.15) is 0 Å². The van der Waals surface area contributed by atoms with E-state index in [0.717, 1.165) is 6.42 Å². The molecule has 0 bridgehead atoms. The Morgan fingerprint density at radius 2 is 2.17 bits per heavy atom. The molecule has 2 N–H and O–H groups in total. The fourth-order valence-electron chi connectivity index (χ4n) is 2.73. The van der Waals surface area contributed by atoms with Gasteiger partial charge < -0.3 is 10.4 Å². The van der Waals surface area contributed by atoms with Crippen molar-refractivity contribution in [1.82, 2.24) is 4.98 Å². The van der Waals surface area contributed by atoms with Crippen LogP contribution in [0.2, 0.25) is 0 Å². The van der Waals surface area contributed by atoms with Gasteiger partial charge in [0.25, 0.3) is 0 Å². The highest BCUT2D eigenvalue weighted by atomic mass is 16.4. The summed E-state index contributed by atoms with van der Waals surface area (Å²) in [7, 11) is 0. The minimum Gasteiger partial charge on any atom is -0.477 e. The van der Waals surface area contributed by atoms with Crippen molar-refractivity contribution in [2.45, 2.75) is 25.7 Å². The van der Waals surface area contributed by atoms with Gasteiger partial charge in [-0.25, -0.2) is 9.78 Å². The second-order valence-corrected chi connectivity index (χ2v) is 5.20. The van der Waals surface area contributed by atoms with E-state index >= 15 is 0 Å². The minimum absolute atomic E-state index is 0.0186. The van der Waals surface area contributed by atoms with Gasteiger partial charge in [-0.1, -0.05) is 6.42 Å². The van der Waals surface area contributed by atoms with Gasteiger partial charge in [0.15, 0.2) is 0 Å². The smallest absolute Gasteiger partial charge is 0.354 e. The number of pyridine rings is 1. The molecule has 2 aliphatic rings. The number of amides is 1. The van der Waals surface area contributed by atoms with Gasteiger partial charge >= 0.3 is 5.97 Å². The first kappa shape index (κ1) is 11.2. The zero-order valence-electron chi connectivity index (χ0n) is 9.85. The highest BCUT2D eigenvalue weighted by molar-refractivity contribution is 5.95. The molecule has 3 rings (SSSR count). The van der Waals surface area contributed by atoms with E-state index in [-0.39, 0.29) is 17.5 Å². The maximum Gasteiger partial charge on any atom is 0.354 e. The molecule has 1 atom stereocenters. The van der Waals surface area contributed by atoms with Crippen molar-refractivity contribution in [1.29, 1.82) is 0 Å². The lowest BCUT2D eigenvalue weighted by molar-refractivity contribution is -0.118. The molecule has 2 fully saturated rings. The van der Waals surface area contributed by atoms with Gasteiger partial charge in [0.1, 0.15) is 5.69 Å². The van der Waals surface area contributed by atoms with E-state index in [2.05, 4.69) is 10.3 Å². The number of carbonyl (C=O) groups excluding carboxylic acids is 1. The second kappa shape index (κ2) is 3.80. The number of carboxylic acid groups (broad SMARTS) is 1. The summed E-state index contributed by atoms with van der Waals surface area (Å²) >= 11 is 0. The van der Waals surface area contributed by atoms with Crippen LogP contribution >= 0.6 is 0 Å². The summed E-state index contributed by atoms with van der Waals surface area (Å²) in [6.45, 7) is 0. The number of hydrogen-bond acceptors (Lipinski definition) is 3. The third kappa shape index (κ3) is 1.75. The second-order valence-electron chi connectivity index (χ2n) is 5.20. The Kier molecular flexibility index (Phi) is 2.36. The third-order valence-electron chi connectivity index (χ3n) is 4.11. The van der Waals surface area contributed by atoms with Gasteiger partial charge in [-0.05, 0) is 36.8 Å². The van der Waals surface area contributed by atoms with Crippen LogP contribution in [-0.2, 0) is 4.79 Å². The number of aromatic carboxylic acids is 1. The summed E-state index contributed by atoms with van der Waals surface area (Å²) in [5, 5.41) is 11.5. The Morgan fingerprint density at radius 1 is 1.39 bits per heavy atom. The van der Waals surface area contributed by atoms with E-state index in [0.29, 0.717) is 11.1 Å². The molecule has 1 aromatic rings. The maximum absolute atomic E-state index is 11.9. The first-order valence-corrected chi connectivity index (χ1v) is 6.11. The number of carbonyl (C=O) groups is 2. The van der Waals surface area contributed by atoms with Crippen LogP contribution in [0.15, 0.2) is 18.3 Å². The average molecular weight is 246 g/mol. The number of carboxylic acids is 1. The van der Waals surface area contributed by atoms with Crippen LogP contribution in [0.25, 0.3) is 0 Å². The minimum atomic E-state index is -1.07. The predicted octanol–water partition coefficient (Wildman–Crippen LogP) is 1.91. The van der Waals surface area contributed by atoms with Crippen LogP contribution in [0.1, 0.15) is 36.2 Å². The van der Waals surface area contributed by atoms with Crippen molar-refractivity contribution < 1.29 is 14.7 Å². The summed E-state index contributed by atoms with van der Waals surface area (Å²) in [6, 6.07) is 2.97. The van der Waals surface area contributed by atoms with E-state index in [1.165, 1.54) is 31.5 Å². The van der Waals surface area contributed by atoms with E-state index in [9.17, 15) is 9.59 Å². The number of anilines is 1.